The molecule has 1 N–H and O–H groups in total. The molecule has 216 valence electrons. The van der Waals surface area contributed by atoms with Crippen LogP contribution in [-0.4, -0.2) is 45.7 Å². The van der Waals surface area contributed by atoms with Gasteiger partial charge in [-0.15, -0.1) is 21.5 Å². The average Bonchev–Trinajstić information content (AvgIpc) is 3.66. The van der Waals surface area contributed by atoms with Gasteiger partial charge in [0.05, 0.1) is 34.3 Å². The maximum Gasteiger partial charge on any atom is 0.296 e. The van der Waals surface area contributed by atoms with Gasteiger partial charge in [-0.05, 0) is 49.2 Å². The molecule has 0 saturated carbocycles. The van der Waals surface area contributed by atoms with E-state index in [1.54, 1.807) is 50.3 Å². The van der Waals surface area contributed by atoms with Crippen LogP contribution in [0.5, 0.6) is 11.5 Å². The van der Waals surface area contributed by atoms with Gasteiger partial charge in [-0.1, -0.05) is 54.0 Å². The highest BCUT2D eigenvalue weighted by Gasteiger charge is 2.47. The third-order valence-corrected chi connectivity index (χ3v) is 9.50. The number of aryl methyl sites for hydroxylation is 2. The van der Waals surface area contributed by atoms with Crippen LogP contribution in [0, 0.1) is 19.7 Å². The van der Waals surface area contributed by atoms with E-state index in [-0.39, 0.29) is 23.1 Å². The lowest BCUT2D eigenvalue weighted by Crippen LogP contribution is -2.31. The topological polar surface area (TPSA) is 115 Å². The Morgan fingerprint density at radius 1 is 1.17 bits per heavy atom. The van der Waals surface area contributed by atoms with Crippen molar-refractivity contribution < 1.29 is 28.6 Å². The Hall–Kier alpha value is -4.07. The fourth-order valence-electron chi connectivity index (χ4n) is 4.42. The molecule has 0 radical (unpaired) electrons. The quantitative estimate of drug-likeness (QED) is 0.0876. The number of carbonyl (C=O) groups is 2. The Kier molecular flexibility index (Phi) is 8.71. The number of ketones is 1. The fraction of sp³-hybridized carbons (Fsp3) is 0.207. The predicted octanol–water partition coefficient (Wildman–Crippen LogP) is 6.40. The van der Waals surface area contributed by atoms with Crippen LogP contribution in [0.25, 0.3) is 0 Å². The van der Waals surface area contributed by atoms with Crippen molar-refractivity contribution in [2.24, 2.45) is 0 Å². The molecule has 13 heteroatoms. The van der Waals surface area contributed by atoms with Crippen LogP contribution in [0.3, 0.4) is 0 Å². The molecular formula is C29H25FN4O5S3. The highest BCUT2D eigenvalue weighted by molar-refractivity contribution is 8.00. The zero-order chi connectivity index (χ0) is 30.0. The SMILES string of the molecule is C=CCOc1ccc(C2C(C(=O)c3sc(C)nc3C)=C(O)C(=O)N2c2nnc(SCc3ccc(F)cc3)s2)cc1OC. The number of Topliss-reactive ketones (excluding diaryl/α,β-unsaturated/α-hetero) is 1. The number of thioether (sulfide) groups is 1. The van der Waals surface area contributed by atoms with Gasteiger partial charge >= 0.3 is 0 Å². The minimum atomic E-state index is -1.03. The first kappa shape index (κ1) is 29.4. The van der Waals surface area contributed by atoms with E-state index >= 15 is 0 Å². The molecule has 1 unspecified atom stereocenters. The van der Waals surface area contributed by atoms with Gasteiger partial charge in [0.1, 0.15) is 12.4 Å². The minimum Gasteiger partial charge on any atom is -0.503 e. The standard InChI is InChI=1S/C29H25FN4O5S3/c1-5-12-39-20-11-8-18(13-21(20)38-4)23-22(24(35)26-15(2)31-16(3)41-26)25(36)27(37)34(23)28-32-33-29(42-28)40-14-17-6-9-19(30)10-7-17/h5-11,13,23,36H,1,12,14H2,2-4H3. The summed E-state index contributed by atoms with van der Waals surface area (Å²) >= 11 is 3.71. The lowest BCUT2D eigenvalue weighted by Gasteiger charge is -2.24. The number of hydrogen-bond donors (Lipinski definition) is 1. The van der Waals surface area contributed by atoms with Gasteiger partial charge in [0, 0.05) is 5.75 Å². The van der Waals surface area contributed by atoms with Crippen molar-refractivity contribution in [1.82, 2.24) is 15.2 Å². The van der Waals surface area contributed by atoms with Gasteiger partial charge in [0.2, 0.25) is 10.9 Å². The van der Waals surface area contributed by atoms with Gasteiger partial charge in [-0.3, -0.25) is 14.5 Å². The van der Waals surface area contributed by atoms with Crippen LogP contribution in [0.4, 0.5) is 9.52 Å². The van der Waals surface area contributed by atoms with Gasteiger partial charge in [0.15, 0.2) is 21.6 Å². The Balaban J connectivity index is 1.54. The first-order chi connectivity index (χ1) is 20.2. The maximum atomic E-state index is 13.9. The molecule has 2 aromatic heterocycles. The molecule has 1 atom stereocenters. The van der Waals surface area contributed by atoms with E-state index in [2.05, 4.69) is 21.8 Å². The van der Waals surface area contributed by atoms with Crippen molar-refractivity contribution in [2.45, 2.75) is 30.0 Å². The summed E-state index contributed by atoms with van der Waals surface area (Å²) in [5.74, 6) is -0.944. The largest absolute Gasteiger partial charge is 0.503 e. The number of methoxy groups -OCH3 is 1. The van der Waals surface area contributed by atoms with Gasteiger partial charge < -0.3 is 14.6 Å². The van der Waals surface area contributed by atoms with E-state index in [0.717, 1.165) is 16.9 Å². The number of hydrogen-bond acceptors (Lipinski definition) is 11. The summed E-state index contributed by atoms with van der Waals surface area (Å²) in [5, 5.41) is 20.5. The molecule has 1 amide bonds. The number of anilines is 1. The maximum absolute atomic E-state index is 13.9. The van der Waals surface area contributed by atoms with E-state index in [1.807, 2.05) is 0 Å². The van der Waals surface area contributed by atoms with E-state index in [4.69, 9.17) is 9.47 Å². The molecule has 42 heavy (non-hydrogen) atoms. The molecule has 1 aliphatic rings. The first-order valence-electron chi connectivity index (χ1n) is 12.6. The summed E-state index contributed by atoms with van der Waals surface area (Å²) in [6.07, 6.45) is 1.60. The van der Waals surface area contributed by atoms with Crippen LogP contribution in [0.15, 0.2) is 70.8 Å². The monoisotopic (exact) mass is 624 g/mol. The second kappa shape index (κ2) is 12.4. The number of ether oxygens (including phenoxy) is 2. The number of aliphatic hydroxyl groups is 1. The molecule has 0 aliphatic carbocycles. The number of benzene rings is 2. The molecule has 0 bridgehead atoms. The average molecular weight is 625 g/mol. The number of nitrogens with zero attached hydrogens (tertiary/aromatic N) is 4. The van der Waals surface area contributed by atoms with Crippen molar-refractivity contribution >= 4 is 51.3 Å². The molecule has 5 rings (SSSR count). The van der Waals surface area contributed by atoms with Crippen LogP contribution < -0.4 is 14.4 Å². The number of carbonyl (C=O) groups excluding carboxylic acids is 2. The van der Waals surface area contributed by atoms with Crippen LogP contribution >= 0.6 is 34.4 Å². The lowest BCUT2D eigenvalue weighted by atomic mass is 9.95. The molecule has 2 aromatic carbocycles. The second-order valence-electron chi connectivity index (χ2n) is 9.09. The minimum absolute atomic E-state index is 0.0933. The van der Waals surface area contributed by atoms with Gasteiger partial charge in [-0.2, -0.15) is 0 Å². The number of amides is 1. The Labute approximate surface area is 253 Å². The summed E-state index contributed by atoms with van der Waals surface area (Å²) in [7, 11) is 1.48. The van der Waals surface area contributed by atoms with E-state index < -0.39 is 23.5 Å². The number of aromatic nitrogens is 3. The number of aliphatic hydroxyl groups excluding tert-OH is 1. The number of rotatable bonds is 11. The summed E-state index contributed by atoms with van der Waals surface area (Å²) < 4.78 is 25.1. The molecule has 9 nitrogen and oxygen atoms in total. The van der Waals surface area contributed by atoms with Crippen LogP contribution in [-0.2, 0) is 10.5 Å². The van der Waals surface area contributed by atoms with Crippen molar-refractivity contribution in [2.75, 3.05) is 18.6 Å². The molecule has 0 saturated heterocycles. The molecule has 4 aromatic rings. The van der Waals surface area contributed by atoms with Gasteiger partial charge in [0.25, 0.3) is 5.91 Å². The zero-order valence-electron chi connectivity index (χ0n) is 22.8. The predicted molar refractivity (Wildman–Crippen MR) is 160 cm³/mol. The van der Waals surface area contributed by atoms with Crippen LogP contribution in [0.2, 0.25) is 0 Å². The summed E-state index contributed by atoms with van der Waals surface area (Å²) in [4.78, 5) is 33.4. The summed E-state index contributed by atoms with van der Waals surface area (Å²) in [6.45, 7) is 7.41. The van der Waals surface area contributed by atoms with Crippen molar-refractivity contribution in [3.63, 3.8) is 0 Å². The molecule has 0 spiro atoms. The van der Waals surface area contributed by atoms with Crippen molar-refractivity contribution in [3.05, 3.63) is 99.0 Å². The van der Waals surface area contributed by atoms with Crippen molar-refractivity contribution in [3.8, 4) is 11.5 Å². The Morgan fingerprint density at radius 3 is 2.60 bits per heavy atom. The highest BCUT2D eigenvalue weighted by atomic mass is 32.2. The second-order valence-corrected chi connectivity index (χ2v) is 12.5. The Morgan fingerprint density at radius 2 is 1.93 bits per heavy atom. The normalized spacial score (nSPS) is 14.9. The summed E-state index contributed by atoms with van der Waals surface area (Å²) in [5.41, 5.74) is 1.80. The smallest absolute Gasteiger partial charge is 0.296 e. The van der Waals surface area contributed by atoms with E-state index in [1.165, 1.54) is 47.2 Å². The van der Waals surface area contributed by atoms with Gasteiger partial charge in [-0.25, -0.2) is 9.37 Å². The van der Waals surface area contributed by atoms with Crippen LogP contribution in [0.1, 0.15) is 37.5 Å². The Bertz CT molecular complexity index is 1700. The number of thiazole rings is 1. The van der Waals surface area contributed by atoms with E-state index in [9.17, 15) is 19.1 Å². The summed E-state index contributed by atoms with van der Waals surface area (Å²) in [6, 6.07) is 10.1. The molecule has 3 heterocycles. The van der Waals surface area contributed by atoms with E-state index in [0.29, 0.717) is 42.7 Å². The van der Waals surface area contributed by atoms with Crippen molar-refractivity contribution in [1.29, 1.82) is 0 Å². The third kappa shape index (κ3) is 5.80. The fourth-order valence-corrected chi connectivity index (χ4v) is 7.12. The highest BCUT2D eigenvalue weighted by Crippen LogP contribution is 2.46. The zero-order valence-corrected chi connectivity index (χ0v) is 25.2. The molecule has 1 aliphatic heterocycles. The first-order valence-corrected chi connectivity index (χ1v) is 15.2. The third-order valence-electron chi connectivity index (χ3n) is 6.30. The lowest BCUT2D eigenvalue weighted by molar-refractivity contribution is -0.117. The number of halogens is 1. The molecule has 0 fully saturated rings. The molecular weight excluding hydrogens is 600 g/mol.